The van der Waals surface area contributed by atoms with Gasteiger partial charge in [-0.3, -0.25) is 4.79 Å². The number of nitrogens with one attached hydrogen (secondary N) is 1. The van der Waals surface area contributed by atoms with Crippen molar-refractivity contribution < 1.29 is 9.53 Å². The van der Waals surface area contributed by atoms with Crippen LogP contribution in [0.5, 0.6) is 5.75 Å². The fourth-order valence-corrected chi connectivity index (χ4v) is 2.76. The highest BCUT2D eigenvalue weighted by molar-refractivity contribution is 6.04. The van der Waals surface area contributed by atoms with Crippen LogP contribution in [0.15, 0.2) is 42.5 Å². The van der Waals surface area contributed by atoms with E-state index in [9.17, 15) is 4.79 Å². The molecule has 0 aliphatic carbocycles. The van der Waals surface area contributed by atoms with Crippen molar-refractivity contribution in [1.29, 1.82) is 0 Å². The maximum Gasteiger partial charge on any atom is 0.278 e. The molecule has 1 heterocycles. The van der Waals surface area contributed by atoms with Crippen molar-refractivity contribution in [2.45, 2.75) is 27.7 Å². The van der Waals surface area contributed by atoms with E-state index in [1.54, 1.807) is 13.0 Å². The molecule has 3 rings (SSSR count). The Morgan fingerprint density at radius 1 is 1.12 bits per heavy atom. The number of benzene rings is 2. The first-order valence-corrected chi connectivity index (χ1v) is 8.54. The summed E-state index contributed by atoms with van der Waals surface area (Å²) < 4.78 is 5.55. The molecule has 0 saturated heterocycles. The highest BCUT2D eigenvalue weighted by Gasteiger charge is 2.18. The van der Waals surface area contributed by atoms with Gasteiger partial charge in [-0.25, -0.2) is 0 Å². The number of para-hydroxylation sites is 2. The minimum atomic E-state index is -0.314. The molecule has 0 bridgehead atoms. The van der Waals surface area contributed by atoms with Gasteiger partial charge in [-0.15, -0.1) is 5.10 Å². The maximum atomic E-state index is 12.7. The van der Waals surface area contributed by atoms with Gasteiger partial charge >= 0.3 is 0 Å². The number of amides is 1. The van der Waals surface area contributed by atoms with Crippen molar-refractivity contribution in [3.05, 3.63) is 65.0 Å². The van der Waals surface area contributed by atoms with Gasteiger partial charge in [-0.1, -0.05) is 29.8 Å². The summed E-state index contributed by atoms with van der Waals surface area (Å²) in [5, 5.41) is 11.7. The number of aromatic nitrogens is 3. The highest BCUT2D eigenvalue weighted by atomic mass is 16.5. The summed E-state index contributed by atoms with van der Waals surface area (Å²) in [5.41, 5.74) is 4.54. The fourth-order valence-electron chi connectivity index (χ4n) is 2.76. The zero-order valence-corrected chi connectivity index (χ0v) is 15.4. The molecule has 1 aromatic heterocycles. The summed E-state index contributed by atoms with van der Waals surface area (Å²) in [6.07, 6.45) is 0. The molecule has 2 aromatic carbocycles. The third-order valence-electron chi connectivity index (χ3n) is 4.00. The molecule has 0 radical (unpaired) electrons. The van der Waals surface area contributed by atoms with Gasteiger partial charge in [-0.2, -0.15) is 9.90 Å². The molecule has 0 aliphatic rings. The zero-order valence-electron chi connectivity index (χ0n) is 15.4. The summed E-state index contributed by atoms with van der Waals surface area (Å²) in [4.78, 5) is 14.2. The first-order valence-electron chi connectivity index (χ1n) is 8.54. The number of nitrogens with zero attached hydrogens (tertiary/aromatic N) is 3. The first-order chi connectivity index (χ1) is 12.5. The SMILES string of the molecule is CCOc1ccccc1NC(=O)c1nn(-c2ccc(C)cc2C)nc1C. The van der Waals surface area contributed by atoms with Crippen molar-refractivity contribution in [2.75, 3.05) is 11.9 Å². The predicted octanol–water partition coefficient (Wildman–Crippen LogP) is 3.84. The van der Waals surface area contributed by atoms with E-state index in [1.165, 1.54) is 10.4 Å². The molecule has 0 fully saturated rings. The normalized spacial score (nSPS) is 10.6. The van der Waals surface area contributed by atoms with E-state index in [2.05, 4.69) is 21.6 Å². The van der Waals surface area contributed by atoms with Gasteiger partial charge in [0, 0.05) is 0 Å². The lowest BCUT2D eigenvalue weighted by molar-refractivity contribution is 0.102. The maximum absolute atomic E-state index is 12.7. The van der Waals surface area contributed by atoms with Gasteiger partial charge in [0.25, 0.3) is 5.91 Å². The molecule has 6 heteroatoms. The average Bonchev–Trinajstić information content (AvgIpc) is 2.98. The van der Waals surface area contributed by atoms with Crippen molar-refractivity contribution in [1.82, 2.24) is 15.0 Å². The van der Waals surface area contributed by atoms with E-state index in [1.807, 2.05) is 51.1 Å². The lowest BCUT2D eigenvalue weighted by atomic mass is 10.1. The highest BCUT2D eigenvalue weighted by Crippen LogP contribution is 2.24. The Morgan fingerprint density at radius 2 is 1.88 bits per heavy atom. The number of hydrogen-bond acceptors (Lipinski definition) is 4. The van der Waals surface area contributed by atoms with Crippen LogP contribution in [0.4, 0.5) is 5.69 Å². The summed E-state index contributed by atoms with van der Waals surface area (Å²) >= 11 is 0. The topological polar surface area (TPSA) is 69.0 Å². The van der Waals surface area contributed by atoms with Crippen molar-refractivity contribution in [2.24, 2.45) is 0 Å². The quantitative estimate of drug-likeness (QED) is 0.759. The number of ether oxygens (including phenoxy) is 1. The van der Waals surface area contributed by atoms with E-state index in [0.717, 1.165) is 11.3 Å². The molecule has 0 aliphatic heterocycles. The van der Waals surface area contributed by atoms with Crippen molar-refractivity contribution in [3.63, 3.8) is 0 Å². The van der Waals surface area contributed by atoms with Crippen molar-refractivity contribution >= 4 is 11.6 Å². The van der Waals surface area contributed by atoms with E-state index in [-0.39, 0.29) is 11.6 Å². The van der Waals surface area contributed by atoms with Gasteiger partial charge in [0.05, 0.1) is 23.7 Å². The van der Waals surface area contributed by atoms with E-state index >= 15 is 0 Å². The standard InChI is InChI=1S/C20H22N4O2/c1-5-26-18-9-7-6-8-16(18)21-20(25)19-15(4)22-24(23-19)17-11-10-13(2)12-14(17)3/h6-12H,5H2,1-4H3,(H,21,25). The third kappa shape index (κ3) is 3.59. The summed E-state index contributed by atoms with van der Waals surface area (Å²) in [7, 11) is 0. The Kier molecular flexibility index (Phi) is 5.02. The Balaban J connectivity index is 1.88. The second kappa shape index (κ2) is 7.39. The van der Waals surface area contributed by atoms with Crippen LogP contribution in [0, 0.1) is 20.8 Å². The number of hydrogen-bond donors (Lipinski definition) is 1. The predicted molar refractivity (Wildman–Crippen MR) is 101 cm³/mol. The van der Waals surface area contributed by atoms with Gasteiger partial charge in [0.15, 0.2) is 5.69 Å². The van der Waals surface area contributed by atoms with Gasteiger partial charge in [-0.05, 0) is 51.5 Å². The van der Waals surface area contributed by atoms with Gasteiger partial charge < -0.3 is 10.1 Å². The molecule has 0 saturated carbocycles. The van der Waals surface area contributed by atoms with Crippen LogP contribution in [-0.4, -0.2) is 27.5 Å². The monoisotopic (exact) mass is 350 g/mol. The Morgan fingerprint density at radius 3 is 2.62 bits per heavy atom. The molecule has 6 nitrogen and oxygen atoms in total. The lowest BCUT2D eigenvalue weighted by Gasteiger charge is -2.10. The molecule has 134 valence electrons. The molecule has 3 aromatic rings. The number of rotatable bonds is 5. The zero-order chi connectivity index (χ0) is 18.7. The average molecular weight is 350 g/mol. The molecule has 0 spiro atoms. The molecule has 0 atom stereocenters. The van der Waals surface area contributed by atoms with E-state index < -0.39 is 0 Å². The van der Waals surface area contributed by atoms with Gasteiger partial charge in [0.1, 0.15) is 5.75 Å². The van der Waals surface area contributed by atoms with Crippen LogP contribution in [0.1, 0.15) is 34.2 Å². The molecule has 1 N–H and O–H groups in total. The molecular weight excluding hydrogens is 328 g/mol. The first kappa shape index (κ1) is 17.7. The molecule has 0 unspecified atom stereocenters. The van der Waals surface area contributed by atoms with E-state index in [4.69, 9.17) is 4.74 Å². The second-order valence-electron chi connectivity index (χ2n) is 6.10. The number of carbonyl (C=O) groups excluding carboxylic acids is 1. The summed E-state index contributed by atoms with van der Waals surface area (Å²) in [5.74, 6) is 0.313. The van der Waals surface area contributed by atoms with Crippen LogP contribution in [0.2, 0.25) is 0 Å². The number of aryl methyl sites for hydroxylation is 3. The smallest absolute Gasteiger partial charge is 0.278 e. The van der Waals surface area contributed by atoms with Gasteiger partial charge in [0.2, 0.25) is 0 Å². The summed E-state index contributed by atoms with van der Waals surface area (Å²) in [6.45, 7) is 8.23. The Hall–Kier alpha value is -3.15. The Labute approximate surface area is 152 Å². The van der Waals surface area contributed by atoms with Crippen LogP contribution < -0.4 is 10.1 Å². The molecular formula is C20H22N4O2. The minimum Gasteiger partial charge on any atom is -0.492 e. The third-order valence-corrected chi connectivity index (χ3v) is 4.00. The number of carbonyl (C=O) groups is 1. The summed E-state index contributed by atoms with van der Waals surface area (Å²) in [6, 6.07) is 13.3. The Bertz CT molecular complexity index is 947. The van der Waals surface area contributed by atoms with Crippen LogP contribution >= 0.6 is 0 Å². The fraction of sp³-hybridized carbons (Fsp3) is 0.250. The lowest BCUT2D eigenvalue weighted by Crippen LogP contribution is -2.15. The van der Waals surface area contributed by atoms with E-state index in [0.29, 0.717) is 23.7 Å². The minimum absolute atomic E-state index is 0.288. The van der Waals surface area contributed by atoms with Crippen LogP contribution in [0.3, 0.4) is 0 Å². The van der Waals surface area contributed by atoms with Crippen LogP contribution in [0.25, 0.3) is 5.69 Å². The number of anilines is 1. The second-order valence-corrected chi connectivity index (χ2v) is 6.10. The molecule has 1 amide bonds. The van der Waals surface area contributed by atoms with Crippen LogP contribution in [-0.2, 0) is 0 Å². The van der Waals surface area contributed by atoms with Crippen molar-refractivity contribution in [3.8, 4) is 11.4 Å². The molecule has 26 heavy (non-hydrogen) atoms. The largest absolute Gasteiger partial charge is 0.492 e.